The first-order valence-electron chi connectivity index (χ1n) is 9.36. The Morgan fingerprint density at radius 3 is 2.62 bits per heavy atom. The number of piperidine rings is 1. The Morgan fingerprint density at radius 1 is 1.12 bits per heavy atom. The van der Waals surface area contributed by atoms with Gasteiger partial charge >= 0.3 is 0 Å². The van der Waals surface area contributed by atoms with E-state index in [4.69, 9.17) is 4.74 Å². The Kier molecular flexibility index (Phi) is 6.29. The summed E-state index contributed by atoms with van der Waals surface area (Å²) >= 11 is 0. The molecular formula is C22H28N2O2. The fourth-order valence-electron chi connectivity index (χ4n) is 3.42. The van der Waals surface area contributed by atoms with Crippen molar-refractivity contribution in [1.82, 2.24) is 9.80 Å². The third-order valence-electron chi connectivity index (χ3n) is 5.02. The summed E-state index contributed by atoms with van der Waals surface area (Å²) in [5.41, 5.74) is 1.90. The van der Waals surface area contributed by atoms with Gasteiger partial charge in [-0.3, -0.25) is 4.79 Å². The van der Waals surface area contributed by atoms with E-state index in [2.05, 4.69) is 31.1 Å². The predicted octanol–water partition coefficient (Wildman–Crippen LogP) is 3.47. The van der Waals surface area contributed by atoms with Crippen LogP contribution in [0.3, 0.4) is 0 Å². The third-order valence-corrected chi connectivity index (χ3v) is 5.02. The van der Waals surface area contributed by atoms with Gasteiger partial charge in [-0.1, -0.05) is 42.5 Å². The SMILES string of the molecule is CN(C)C1CCCN(C(=O)c2ccccc2OCCc2ccccc2)C1. The number of carbonyl (C=O) groups excluding carboxylic acids is 1. The maximum Gasteiger partial charge on any atom is 0.257 e. The van der Waals surface area contributed by atoms with Crippen LogP contribution in [0.2, 0.25) is 0 Å². The lowest BCUT2D eigenvalue weighted by Crippen LogP contribution is -2.47. The molecule has 3 rings (SSSR count). The molecule has 4 heteroatoms. The molecule has 0 spiro atoms. The highest BCUT2D eigenvalue weighted by atomic mass is 16.5. The van der Waals surface area contributed by atoms with Crippen LogP contribution in [-0.2, 0) is 6.42 Å². The molecule has 1 unspecified atom stereocenters. The first kappa shape index (κ1) is 18.5. The molecule has 1 amide bonds. The molecule has 1 heterocycles. The minimum atomic E-state index is 0.0758. The van der Waals surface area contributed by atoms with Crippen molar-refractivity contribution in [2.75, 3.05) is 33.8 Å². The molecule has 1 atom stereocenters. The zero-order chi connectivity index (χ0) is 18.4. The minimum Gasteiger partial charge on any atom is -0.492 e. The Morgan fingerprint density at radius 2 is 1.85 bits per heavy atom. The van der Waals surface area contributed by atoms with Gasteiger partial charge in [0.1, 0.15) is 5.75 Å². The smallest absolute Gasteiger partial charge is 0.257 e. The summed E-state index contributed by atoms with van der Waals surface area (Å²) in [5, 5.41) is 0. The summed E-state index contributed by atoms with van der Waals surface area (Å²) in [6.07, 6.45) is 3.02. The Bertz CT molecular complexity index is 715. The van der Waals surface area contributed by atoms with Crippen LogP contribution < -0.4 is 4.74 Å². The summed E-state index contributed by atoms with van der Waals surface area (Å²) in [6.45, 7) is 2.17. The van der Waals surface area contributed by atoms with Crippen LogP contribution in [0.15, 0.2) is 54.6 Å². The molecule has 0 saturated carbocycles. The van der Waals surface area contributed by atoms with E-state index in [1.165, 1.54) is 5.56 Å². The number of hydrogen-bond donors (Lipinski definition) is 0. The largest absolute Gasteiger partial charge is 0.492 e. The van der Waals surface area contributed by atoms with Crippen molar-refractivity contribution < 1.29 is 9.53 Å². The summed E-state index contributed by atoms with van der Waals surface area (Å²) in [7, 11) is 4.17. The van der Waals surface area contributed by atoms with Crippen LogP contribution in [0.5, 0.6) is 5.75 Å². The molecule has 0 bridgehead atoms. The molecule has 1 saturated heterocycles. The van der Waals surface area contributed by atoms with E-state index in [0.29, 0.717) is 24.0 Å². The van der Waals surface area contributed by atoms with Crippen LogP contribution in [0, 0.1) is 0 Å². The van der Waals surface area contributed by atoms with Crippen LogP contribution in [0.25, 0.3) is 0 Å². The summed E-state index contributed by atoms with van der Waals surface area (Å²) in [6, 6.07) is 18.3. The van der Waals surface area contributed by atoms with Crippen molar-refractivity contribution in [1.29, 1.82) is 0 Å². The van der Waals surface area contributed by atoms with E-state index in [1.807, 2.05) is 47.4 Å². The number of likely N-dealkylation sites (tertiary alicyclic amines) is 1. The van der Waals surface area contributed by atoms with Crippen molar-refractivity contribution in [2.45, 2.75) is 25.3 Å². The molecule has 2 aromatic carbocycles. The molecule has 4 nitrogen and oxygen atoms in total. The van der Waals surface area contributed by atoms with E-state index < -0.39 is 0 Å². The van der Waals surface area contributed by atoms with E-state index in [-0.39, 0.29) is 5.91 Å². The molecule has 2 aromatic rings. The van der Waals surface area contributed by atoms with Crippen molar-refractivity contribution in [3.8, 4) is 5.75 Å². The fourth-order valence-corrected chi connectivity index (χ4v) is 3.42. The van der Waals surface area contributed by atoms with Gasteiger partial charge in [-0.05, 0) is 44.6 Å². The van der Waals surface area contributed by atoms with Gasteiger partial charge in [0.25, 0.3) is 5.91 Å². The maximum atomic E-state index is 13.0. The molecule has 138 valence electrons. The highest BCUT2D eigenvalue weighted by molar-refractivity contribution is 5.97. The molecule has 1 aliphatic heterocycles. The Labute approximate surface area is 156 Å². The number of ether oxygens (including phenoxy) is 1. The van der Waals surface area contributed by atoms with E-state index >= 15 is 0 Å². The van der Waals surface area contributed by atoms with Gasteiger partial charge in [-0.2, -0.15) is 0 Å². The molecule has 0 aromatic heterocycles. The molecule has 0 radical (unpaired) electrons. The second-order valence-electron chi connectivity index (χ2n) is 7.09. The second kappa shape index (κ2) is 8.86. The first-order chi connectivity index (χ1) is 12.6. The molecular weight excluding hydrogens is 324 g/mol. The topological polar surface area (TPSA) is 32.8 Å². The van der Waals surface area contributed by atoms with Gasteiger partial charge in [0, 0.05) is 25.6 Å². The van der Waals surface area contributed by atoms with Crippen molar-refractivity contribution in [3.05, 3.63) is 65.7 Å². The number of rotatable bonds is 6. The van der Waals surface area contributed by atoms with Crippen molar-refractivity contribution >= 4 is 5.91 Å². The molecule has 0 N–H and O–H groups in total. The van der Waals surface area contributed by atoms with Gasteiger partial charge in [0.05, 0.1) is 12.2 Å². The van der Waals surface area contributed by atoms with Crippen LogP contribution in [-0.4, -0.2) is 55.5 Å². The van der Waals surface area contributed by atoms with Gasteiger partial charge in [0.15, 0.2) is 0 Å². The minimum absolute atomic E-state index is 0.0758. The average molecular weight is 352 g/mol. The second-order valence-corrected chi connectivity index (χ2v) is 7.09. The van der Waals surface area contributed by atoms with E-state index in [0.717, 1.165) is 32.4 Å². The van der Waals surface area contributed by atoms with Crippen molar-refractivity contribution in [3.63, 3.8) is 0 Å². The lowest BCUT2D eigenvalue weighted by Gasteiger charge is -2.36. The third kappa shape index (κ3) is 4.64. The molecule has 1 fully saturated rings. The molecule has 0 aliphatic carbocycles. The van der Waals surface area contributed by atoms with Gasteiger partial charge in [-0.15, -0.1) is 0 Å². The number of likely N-dealkylation sites (N-methyl/N-ethyl adjacent to an activating group) is 1. The first-order valence-corrected chi connectivity index (χ1v) is 9.36. The zero-order valence-corrected chi connectivity index (χ0v) is 15.7. The number of hydrogen-bond acceptors (Lipinski definition) is 3. The van der Waals surface area contributed by atoms with Crippen LogP contribution >= 0.6 is 0 Å². The Balaban J connectivity index is 1.65. The zero-order valence-electron chi connectivity index (χ0n) is 15.7. The number of nitrogens with zero attached hydrogens (tertiary/aromatic N) is 2. The average Bonchev–Trinajstić information content (AvgIpc) is 2.69. The van der Waals surface area contributed by atoms with Gasteiger partial charge in [-0.25, -0.2) is 0 Å². The normalized spacial score (nSPS) is 17.3. The standard InChI is InChI=1S/C22H28N2O2/c1-23(2)19-11-8-15-24(17-19)22(25)20-12-6-7-13-21(20)26-16-14-18-9-4-3-5-10-18/h3-7,9-10,12-13,19H,8,11,14-17H2,1-2H3. The number of benzene rings is 2. The lowest BCUT2D eigenvalue weighted by atomic mass is 10.0. The number of para-hydroxylation sites is 1. The highest BCUT2D eigenvalue weighted by Gasteiger charge is 2.27. The quantitative estimate of drug-likeness (QED) is 0.798. The predicted molar refractivity (Wildman–Crippen MR) is 105 cm³/mol. The molecule has 26 heavy (non-hydrogen) atoms. The fraction of sp³-hybridized carbons (Fsp3) is 0.409. The van der Waals surface area contributed by atoms with Crippen LogP contribution in [0.1, 0.15) is 28.8 Å². The summed E-state index contributed by atoms with van der Waals surface area (Å²) in [5.74, 6) is 0.757. The maximum absolute atomic E-state index is 13.0. The van der Waals surface area contributed by atoms with Crippen LogP contribution in [0.4, 0.5) is 0 Å². The summed E-state index contributed by atoms with van der Waals surface area (Å²) < 4.78 is 5.97. The van der Waals surface area contributed by atoms with Crippen molar-refractivity contribution in [2.24, 2.45) is 0 Å². The Hall–Kier alpha value is -2.33. The summed E-state index contributed by atoms with van der Waals surface area (Å²) in [4.78, 5) is 17.2. The number of amides is 1. The molecule has 1 aliphatic rings. The number of carbonyl (C=O) groups is 1. The van der Waals surface area contributed by atoms with E-state index in [1.54, 1.807) is 0 Å². The van der Waals surface area contributed by atoms with E-state index in [9.17, 15) is 4.79 Å². The lowest BCUT2D eigenvalue weighted by molar-refractivity contribution is 0.0631. The van der Waals surface area contributed by atoms with Gasteiger partial charge < -0.3 is 14.5 Å². The monoisotopic (exact) mass is 352 g/mol. The van der Waals surface area contributed by atoms with Gasteiger partial charge in [0.2, 0.25) is 0 Å². The highest BCUT2D eigenvalue weighted by Crippen LogP contribution is 2.23.